The lowest BCUT2D eigenvalue weighted by atomic mass is 10.3. The largest absolute Gasteiger partial charge is 0.360 e. The molecule has 0 radical (unpaired) electrons. The van der Waals surface area contributed by atoms with Crippen LogP contribution in [0.25, 0.3) is 0 Å². The highest BCUT2D eigenvalue weighted by Crippen LogP contribution is 2.27. The lowest BCUT2D eigenvalue weighted by Gasteiger charge is -2.01. The first kappa shape index (κ1) is 14.2. The van der Waals surface area contributed by atoms with Crippen molar-refractivity contribution in [1.82, 2.24) is 30.4 Å². The number of unbranched alkanes of at least 4 members (excludes halogenated alkanes) is 1. The van der Waals surface area contributed by atoms with Gasteiger partial charge in [0.25, 0.3) is 0 Å². The predicted molar refractivity (Wildman–Crippen MR) is 76.4 cm³/mol. The Labute approximate surface area is 120 Å². The number of anilines is 1. The van der Waals surface area contributed by atoms with Crippen molar-refractivity contribution in [2.75, 3.05) is 11.9 Å². The highest BCUT2D eigenvalue weighted by Gasteiger charge is 2.09. The molecule has 0 unspecified atom stereocenters. The zero-order valence-electron chi connectivity index (χ0n) is 11.0. The number of hydrogen-bond donors (Lipinski definition) is 1. The van der Waals surface area contributed by atoms with Gasteiger partial charge in [-0.1, -0.05) is 36.4 Å². The van der Waals surface area contributed by atoms with Gasteiger partial charge in [0.05, 0.1) is 5.75 Å². The quantitative estimate of drug-likeness (QED) is 0.747. The van der Waals surface area contributed by atoms with Gasteiger partial charge in [-0.3, -0.25) is 0 Å². The second-order valence-corrected chi connectivity index (χ2v) is 6.06. The Morgan fingerprint density at radius 2 is 2.16 bits per heavy atom. The molecule has 0 aliphatic heterocycles. The summed E-state index contributed by atoms with van der Waals surface area (Å²) in [5.41, 5.74) is 0. The fourth-order valence-electron chi connectivity index (χ4n) is 1.43. The molecule has 0 amide bonds. The van der Waals surface area contributed by atoms with E-state index < -0.39 is 0 Å². The first-order chi connectivity index (χ1) is 9.33. The fraction of sp³-hybridized carbons (Fsp3) is 0.700. The lowest BCUT2D eigenvalue weighted by Crippen LogP contribution is -2.04. The van der Waals surface area contributed by atoms with Crippen LogP contribution < -0.4 is 5.32 Å². The smallest absolute Gasteiger partial charge is 0.206 e. The van der Waals surface area contributed by atoms with Crippen molar-refractivity contribution in [3.8, 4) is 0 Å². The number of rotatable bonds is 8. The van der Waals surface area contributed by atoms with Crippen LogP contribution in [0.4, 0.5) is 5.13 Å². The molecule has 0 saturated heterocycles. The van der Waals surface area contributed by atoms with Crippen molar-refractivity contribution in [3.05, 3.63) is 5.82 Å². The molecule has 0 atom stereocenters. The predicted octanol–water partition coefficient (Wildman–Crippen LogP) is 2.05. The van der Waals surface area contributed by atoms with Gasteiger partial charge < -0.3 is 5.32 Å². The van der Waals surface area contributed by atoms with Crippen LogP contribution in [0, 0.1) is 0 Å². The minimum atomic E-state index is 0.720. The van der Waals surface area contributed by atoms with Crippen molar-refractivity contribution in [3.63, 3.8) is 0 Å². The third kappa shape index (κ3) is 4.13. The van der Waals surface area contributed by atoms with E-state index in [9.17, 15) is 0 Å². The van der Waals surface area contributed by atoms with Crippen molar-refractivity contribution in [2.45, 2.75) is 43.3 Å². The van der Waals surface area contributed by atoms with Crippen LogP contribution in [0.2, 0.25) is 0 Å². The standard InChI is InChI=1S/C10H17N7S2/c1-3-5-6-17-8(12-15-16-17)7-18-10-14-13-9(19-10)11-4-2/h3-7H2,1-2H3,(H,11,13). The molecule has 19 heavy (non-hydrogen) atoms. The Hall–Kier alpha value is -1.22. The Morgan fingerprint density at radius 3 is 2.95 bits per heavy atom. The fourth-order valence-corrected chi connectivity index (χ4v) is 3.18. The molecule has 0 bridgehead atoms. The Balaban J connectivity index is 1.88. The van der Waals surface area contributed by atoms with Gasteiger partial charge in [0.1, 0.15) is 0 Å². The normalized spacial score (nSPS) is 10.8. The first-order valence-corrected chi connectivity index (χ1v) is 8.09. The van der Waals surface area contributed by atoms with E-state index in [0.29, 0.717) is 0 Å². The summed E-state index contributed by atoms with van der Waals surface area (Å²) in [6.07, 6.45) is 2.22. The van der Waals surface area contributed by atoms with E-state index in [1.807, 2.05) is 11.6 Å². The number of aryl methyl sites for hydroxylation is 1. The molecule has 0 aromatic carbocycles. The highest BCUT2D eigenvalue weighted by molar-refractivity contribution is 8.00. The molecule has 2 aromatic heterocycles. The van der Waals surface area contributed by atoms with Gasteiger partial charge in [0, 0.05) is 13.1 Å². The van der Waals surface area contributed by atoms with Crippen molar-refractivity contribution in [2.24, 2.45) is 0 Å². The van der Waals surface area contributed by atoms with Gasteiger partial charge in [-0.2, -0.15) is 0 Å². The van der Waals surface area contributed by atoms with Crippen LogP contribution in [-0.4, -0.2) is 36.9 Å². The molecule has 0 aliphatic rings. The molecule has 2 aromatic rings. The second-order valence-electron chi connectivity index (χ2n) is 3.86. The van der Waals surface area contributed by atoms with Gasteiger partial charge in [-0.05, 0) is 23.8 Å². The van der Waals surface area contributed by atoms with E-state index in [0.717, 1.165) is 47.0 Å². The lowest BCUT2D eigenvalue weighted by molar-refractivity contribution is 0.540. The summed E-state index contributed by atoms with van der Waals surface area (Å²) >= 11 is 3.17. The van der Waals surface area contributed by atoms with Crippen LogP contribution in [-0.2, 0) is 12.3 Å². The number of aromatic nitrogens is 6. The van der Waals surface area contributed by atoms with Crippen LogP contribution in [0.3, 0.4) is 0 Å². The minimum Gasteiger partial charge on any atom is -0.360 e. The van der Waals surface area contributed by atoms with Crippen LogP contribution in [0.1, 0.15) is 32.5 Å². The molecule has 0 aliphatic carbocycles. The van der Waals surface area contributed by atoms with Crippen LogP contribution in [0.5, 0.6) is 0 Å². The number of tetrazole rings is 1. The molecule has 0 saturated carbocycles. The molecule has 0 fully saturated rings. The third-order valence-electron chi connectivity index (χ3n) is 2.39. The number of hydrogen-bond acceptors (Lipinski definition) is 8. The van der Waals surface area contributed by atoms with E-state index in [1.165, 1.54) is 0 Å². The van der Waals surface area contributed by atoms with Crippen LogP contribution >= 0.6 is 23.1 Å². The van der Waals surface area contributed by atoms with E-state index >= 15 is 0 Å². The molecular formula is C10H17N7S2. The Bertz CT molecular complexity index is 496. The summed E-state index contributed by atoms with van der Waals surface area (Å²) in [5, 5.41) is 24.0. The van der Waals surface area contributed by atoms with E-state index in [-0.39, 0.29) is 0 Å². The average Bonchev–Trinajstić information content (AvgIpc) is 3.03. The average molecular weight is 299 g/mol. The highest BCUT2D eigenvalue weighted by atomic mass is 32.2. The van der Waals surface area contributed by atoms with E-state index in [1.54, 1.807) is 23.1 Å². The van der Waals surface area contributed by atoms with Gasteiger partial charge >= 0.3 is 0 Å². The number of nitrogens with zero attached hydrogens (tertiary/aromatic N) is 6. The maximum atomic E-state index is 4.12. The molecule has 9 heteroatoms. The van der Waals surface area contributed by atoms with Gasteiger partial charge in [0.15, 0.2) is 10.2 Å². The molecule has 0 spiro atoms. The molecule has 1 N–H and O–H groups in total. The minimum absolute atomic E-state index is 0.720. The molecule has 7 nitrogen and oxygen atoms in total. The first-order valence-electron chi connectivity index (χ1n) is 6.28. The summed E-state index contributed by atoms with van der Waals surface area (Å²) in [7, 11) is 0. The van der Waals surface area contributed by atoms with Crippen molar-refractivity contribution >= 4 is 28.2 Å². The monoisotopic (exact) mass is 299 g/mol. The molecular weight excluding hydrogens is 282 g/mol. The number of nitrogens with one attached hydrogen (secondary N) is 1. The number of thioether (sulfide) groups is 1. The summed E-state index contributed by atoms with van der Waals surface area (Å²) in [6, 6.07) is 0. The second kappa shape index (κ2) is 7.39. The molecule has 2 rings (SSSR count). The SMILES string of the molecule is CCCCn1nnnc1CSc1nnc(NCC)s1. The van der Waals surface area contributed by atoms with Gasteiger partial charge in [0.2, 0.25) is 5.13 Å². The Kier molecular flexibility index (Phi) is 5.52. The van der Waals surface area contributed by atoms with Crippen molar-refractivity contribution in [1.29, 1.82) is 0 Å². The van der Waals surface area contributed by atoms with E-state index in [4.69, 9.17) is 0 Å². The summed E-state index contributed by atoms with van der Waals surface area (Å²) in [6.45, 7) is 5.92. The maximum absolute atomic E-state index is 4.12. The van der Waals surface area contributed by atoms with Gasteiger partial charge in [-0.15, -0.1) is 15.3 Å². The molecule has 104 valence electrons. The summed E-state index contributed by atoms with van der Waals surface area (Å²) in [4.78, 5) is 0. The summed E-state index contributed by atoms with van der Waals surface area (Å²) < 4.78 is 2.80. The maximum Gasteiger partial charge on any atom is 0.206 e. The Morgan fingerprint density at radius 1 is 1.26 bits per heavy atom. The van der Waals surface area contributed by atoms with Gasteiger partial charge in [-0.25, -0.2) is 4.68 Å². The topological polar surface area (TPSA) is 81.4 Å². The zero-order chi connectivity index (χ0) is 13.5. The van der Waals surface area contributed by atoms with Crippen molar-refractivity contribution < 1.29 is 0 Å². The zero-order valence-corrected chi connectivity index (χ0v) is 12.7. The van der Waals surface area contributed by atoms with E-state index in [2.05, 4.69) is 38.0 Å². The summed E-state index contributed by atoms with van der Waals surface area (Å²) in [5.74, 6) is 1.61. The third-order valence-corrected chi connectivity index (χ3v) is 4.40. The molecule has 2 heterocycles. The van der Waals surface area contributed by atoms with Crippen LogP contribution in [0.15, 0.2) is 4.34 Å².